The Hall–Kier alpha value is -1.42. The van der Waals surface area contributed by atoms with E-state index in [-0.39, 0.29) is 11.7 Å². The number of rotatable bonds is 3. The standard InChI is InChI=1S/C10H12FNO2/c1-2-14-10(12)9(13)7-3-5-8(11)6-4-7/h3-6,9,12-13H,2H2,1H3. The van der Waals surface area contributed by atoms with Gasteiger partial charge in [0.25, 0.3) is 0 Å². The predicted octanol–water partition coefficient (Wildman–Crippen LogP) is 1.87. The molecule has 0 saturated carbocycles. The van der Waals surface area contributed by atoms with Gasteiger partial charge in [0.15, 0.2) is 6.10 Å². The summed E-state index contributed by atoms with van der Waals surface area (Å²) < 4.78 is 17.4. The zero-order valence-corrected chi connectivity index (χ0v) is 7.83. The number of hydrogen-bond donors (Lipinski definition) is 2. The second kappa shape index (κ2) is 4.72. The van der Waals surface area contributed by atoms with Crippen molar-refractivity contribution in [3.63, 3.8) is 0 Å². The van der Waals surface area contributed by atoms with Crippen molar-refractivity contribution in [3.05, 3.63) is 35.6 Å². The van der Waals surface area contributed by atoms with Crippen LogP contribution in [0.15, 0.2) is 24.3 Å². The van der Waals surface area contributed by atoms with Crippen LogP contribution in [0.5, 0.6) is 0 Å². The first-order valence-electron chi connectivity index (χ1n) is 4.30. The van der Waals surface area contributed by atoms with Crippen molar-refractivity contribution in [2.24, 2.45) is 0 Å². The second-order valence-electron chi connectivity index (χ2n) is 2.75. The quantitative estimate of drug-likeness (QED) is 0.574. The lowest BCUT2D eigenvalue weighted by atomic mass is 10.1. The van der Waals surface area contributed by atoms with Crippen molar-refractivity contribution in [2.75, 3.05) is 6.61 Å². The molecule has 1 unspecified atom stereocenters. The Bertz CT molecular complexity index is 310. The van der Waals surface area contributed by atoms with Crippen LogP contribution in [0.25, 0.3) is 0 Å². The average Bonchev–Trinajstić information content (AvgIpc) is 2.18. The third-order valence-electron chi connectivity index (χ3n) is 1.73. The highest BCUT2D eigenvalue weighted by molar-refractivity contribution is 5.78. The van der Waals surface area contributed by atoms with E-state index in [2.05, 4.69) is 0 Å². The van der Waals surface area contributed by atoms with Gasteiger partial charge < -0.3 is 9.84 Å². The molecule has 0 bridgehead atoms. The van der Waals surface area contributed by atoms with E-state index in [0.29, 0.717) is 12.2 Å². The van der Waals surface area contributed by atoms with Gasteiger partial charge in [-0.2, -0.15) is 0 Å². The van der Waals surface area contributed by atoms with Crippen LogP contribution in [0.3, 0.4) is 0 Å². The van der Waals surface area contributed by atoms with Crippen LogP contribution >= 0.6 is 0 Å². The van der Waals surface area contributed by atoms with Gasteiger partial charge >= 0.3 is 0 Å². The minimum absolute atomic E-state index is 0.223. The fourth-order valence-electron chi connectivity index (χ4n) is 1.03. The van der Waals surface area contributed by atoms with Crippen molar-refractivity contribution in [1.82, 2.24) is 0 Å². The van der Waals surface area contributed by atoms with Gasteiger partial charge in [0.2, 0.25) is 5.90 Å². The summed E-state index contributed by atoms with van der Waals surface area (Å²) in [5.41, 5.74) is 0.449. The maximum atomic E-state index is 12.5. The Morgan fingerprint density at radius 2 is 2.07 bits per heavy atom. The monoisotopic (exact) mass is 197 g/mol. The molecule has 0 aliphatic heterocycles. The van der Waals surface area contributed by atoms with Crippen LogP contribution in [0, 0.1) is 11.2 Å². The molecule has 0 spiro atoms. The molecule has 0 heterocycles. The summed E-state index contributed by atoms with van der Waals surface area (Å²) in [5, 5.41) is 16.9. The normalized spacial score (nSPS) is 12.2. The molecule has 2 N–H and O–H groups in total. The van der Waals surface area contributed by atoms with Crippen molar-refractivity contribution in [1.29, 1.82) is 5.41 Å². The molecule has 0 aromatic heterocycles. The summed E-state index contributed by atoms with van der Waals surface area (Å²) in [6.45, 7) is 2.06. The van der Waals surface area contributed by atoms with E-state index in [9.17, 15) is 9.50 Å². The van der Waals surface area contributed by atoms with E-state index in [1.165, 1.54) is 24.3 Å². The molecule has 76 valence electrons. The average molecular weight is 197 g/mol. The largest absolute Gasteiger partial charge is 0.479 e. The first-order valence-corrected chi connectivity index (χ1v) is 4.30. The van der Waals surface area contributed by atoms with Crippen molar-refractivity contribution >= 4 is 5.90 Å². The van der Waals surface area contributed by atoms with E-state index in [4.69, 9.17) is 10.1 Å². The highest BCUT2D eigenvalue weighted by Gasteiger charge is 2.14. The molecule has 3 nitrogen and oxygen atoms in total. The molecule has 0 fully saturated rings. The number of halogens is 1. The maximum absolute atomic E-state index is 12.5. The Morgan fingerprint density at radius 3 is 2.57 bits per heavy atom. The minimum atomic E-state index is -1.12. The van der Waals surface area contributed by atoms with Gasteiger partial charge in [0, 0.05) is 0 Å². The molecule has 4 heteroatoms. The fraction of sp³-hybridized carbons (Fsp3) is 0.300. The molecule has 1 rings (SSSR count). The van der Waals surface area contributed by atoms with Gasteiger partial charge in [-0.25, -0.2) is 4.39 Å². The number of nitrogens with one attached hydrogen (secondary N) is 1. The van der Waals surface area contributed by atoms with E-state index < -0.39 is 6.10 Å². The molecule has 1 aromatic carbocycles. The summed E-state index contributed by atoms with van der Waals surface area (Å²) in [4.78, 5) is 0. The SMILES string of the molecule is CCOC(=N)C(O)c1ccc(F)cc1. The van der Waals surface area contributed by atoms with Crippen LogP contribution < -0.4 is 0 Å². The topological polar surface area (TPSA) is 53.3 Å². The zero-order valence-electron chi connectivity index (χ0n) is 7.83. The maximum Gasteiger partial charge on any atom is 0.214 e. The van der Waals surface area contributed by atoms with Gasteiger partial charge in [-0.05, 0) is 24.6 Å². The molecule has 1 aromatic rings. The number of aliphatic hydroxyl groups excluding tert-OH is 1. The van der Waals surface area contributed by atoms with Crippen molar-refractivity contribution in [2.45, 2.75) is 13.0 Å². The molecule has 0 saturated heterocycles. The van der Waals surface area contributed by atoms with Gasteiger partial charge in [0.05, 0.1) is 6.61 Å². The third kappa shape index (κ3) is 2.53. The molecule has 1 atom stereocenters. The number of hydrogen-bond acceptors (Lipinski definition) is 3. The highest BCUT2D eigenvalue weighted by atomic mass is 19.1. The molecule has 0 amide bonds. The minimum Gasteiger partial charge on any atom is -0.479 e. The van der Waals surface area contributed by atoms with Crippen molar-refractivity contribution < 1.29 is 14.2 Å². The van der Waals surface area contributed by atoms with Gasteiger partial charge in [-0.1, -0.05) is 12.1 Å². The highest BCUT2D eigenvalue weighted by Crippen LogP contribution is 2.14. The summed E-state index contributed by atoms with van der Waals surface area (Å²) >= 11 is 0. The second-order valence-corrected chi connectivity index (χ2v) is 2.75. The fourth-order valence-corrected chi connectivity index (χ4v) is 1.03. The number of benzene rings is 1. The van der Waals surface area contributed by atoms with Crippen LogP contribution in [0.4, 0.5) is 4.39 Å². The summed E-state index contributed by atoms with van der Waals surface area (Å²) in [5.74, 6) is -0.594. The van der Waals surface area contributed by atoms with Crippen LogP contribution in [-0.2, 0) is 4.74 Å². The molecule has 0 aliphatic carbocycles. The first kappa shape index (κ1) is 10.7. The van der Waals surface area contributed by atoms with Crippen LogP contribution in [-0.4, -0.2) is 17.6 Å². The van der Waals surface area contributed by atoms with Gasteiger partial charge in [0.1, 0.15) is 5.82 Å². The Labute approximate surface area is 81.6 Å². The number of ether oxygens (including phenoxy) is 1. The van der Waals surface area contributed by atoms with Gasteiger partial charge in [-0.15, -0.1) is 0 Å². The third-order valence-corrected chi connectivity index (χ3v) is 1.73. The molecule has 0 radical (unpaired) electrons. The van der Waals surface area contributed by atoms with E-state index in [0.717, 1.165) is 0 Å². The molecule has 14 heavy (non-hydrogen) atoms. The Balaban J connectivity index is 2.73. The predicted molar refractivity (Wildman–Crippen MR) is 50.7 cm³/mol. The lowest BCUT2D eigenvalue weighted by Crippen LogP contribution is -2.14. The van der Waals surface area contributed by atoms with E-state index >= 15 is 0 Å². The Kier molecular flexibility index (Phi) is 3.59. The van der Waals surface area contributed by atoms with E-state index in [1.54, 1.807) is 6.92 Å². The van der Waals surface area contributed by atoms with Gasteiger partial charge in [-0.3, -0.25) is 5.41 Å². The van der Waals surface area contributed by atoms with Crippen LogP contribution in [0.2, 0.25) is 0 Å². The lowest BCUT2D eigenvalue weighted by Gasteiger charge is -2.12. The molecular formula is C10H12FNO2. The smallest absolute Gasteiger partial charge is 0.214 e. The summed E-state index contributed by atoms with van der Waals surface area (Å²) in [6.07, 6.45) is -1.12. The van der Waals surface area contributed by atoms with Crippen LogP contribution in [0.1, 0.15) is 18.6 Å². The Morgan fingerprint density at radius 1 is 1.50 bits per heavy atom. The molecule has 0 aliphatic rings. The number of aliphatic hydroxyl groups is 1. The lowest BCUT2D eigenvalue weighted by molar-refractivity contribution is 0.190. The summed E-state index contributed by atoms with van der Waals surface area (Å²) in [7, 11) is 0. The zero-order chi connectivity index (χ0) is 10.6. The van der Waals surface area contributed by atoms with E-state index in [1.807, 2.05) is 0 Å². The van der Waals surface area contributed by atoms with Crippen molar-refractivity contribution in [3.8, 4) is 0 Å². The first-order chi connectivity index (χ1) is 6.65. The molecular weight excluding hydrogens is 185 g/mol. The summed E-state index contributed by atoms with van der Waals surface area (Å²) in [6, 6.07) is 5.32.